The highest BCUT2D eigenvalue weighted by Gasteiger charge is 2.35. The SMILES string of the molecule is CCCCCc1cc(CCCCOCCCCCCN2C[C@@H](c3ccc4c(c3)COC(C)(C)O4)OC2=O)cc(S(=O)(=O)N(COCC[Si](C)(C)C)C(=O)OC(C)(C)C)c1. The average molecular weight is 861 g/mol. The zero-order valence-corrected chi connectivity index (χ0v) is 39.2. The number of amides is 2. The molecule has 0 N–H and O–H groups in total. The Morgan fingerprint density at radius 2 is 1.56 bits per heavy atom. The molecule has 0 aromatic heterocycles. The molecule has 2 heterocycles. The summed E-state index contributed by atoms with van der Waals surface area (Å²) in [6.07, 6.45) is 8.54. The number of benzene rings is 2. The van der Waals surface area contributed by atoms with Crippen LogP contribution in [0, 0.1) is 0 Å². The summed E-state index contributed by atoms with van der Waals surface area (Å²) in [6, 6.07) is 12.3. The first-order chi connectivity index (χ1) is 27.8. The number of hydrogen-bond donors (Lipinski definition) is 0. The minimum Gasteiger partial charge on any atom is -0.463 e. The maximum atomic E-state index is 14.1. The van der Waals surface area contributed by atoms with Crippen LogP contribution >= 0.6 is 0 Å². The van der Waals surface area contributed by atoms with Crippen LogP contribution in [0.3, 0.4) is 0 Å². The van der Waals surface area contributed by atoms with Crippen molar-refractivity contribution in [1.29, 1.82) is 0 Å². The third-order valence-electron chi connectivity index (χ3n) is 10.2. The van der Waals surface area contributed by atoms with Crippen molar-refractivity contribution in [3.8, 4) is 5.75 Å². The van der Waals surface area contributed by atoms with Crippen LogP contribution in [-0.2, 0) is 53.2 Å². The fourth-order valence-electron chi connectivity index (χ4n) is 6.85. The predicted molar refractivity (Wildman–Crippen MR) is 233 cm³/mol. The van der Waals surface area contributed by atoms with Gasteiger partial charge in [0.15, 0.2) is 0 Å². The molecule has 1 fully saturated rings. The van der Waals surface area contributed by atoms with E-state index < -0.39 is 42.3 Å². The summed E-state index contributed by atoms with van der Waals surface area (Å²) in [6.45, 7) is 20.7. The van der Waals surface area contributed by atoms with Gasteiger partial charge in [-0.15, -0.1) is 0 Å². The lowest BCUT2D eigenvalue weighted by atomic mass is 10.0. The molecule has 2 amide bonds. The standard InChI is InChI=1S/C45H72N2O10SSi/c1-10-11-14-19-35-28-36(30-39(29-35)58(50,51)47(43(49)57-44(2,3)4)34-53-26-27-59(7,8)9)20-15-18-25-52-24-17-13-12-16-23-46-32-41(55-42(46)48)37-21-22-40-38(31-37)33-54-45(5,6)56-40/h21-22,28-31,41H,10-20,23-27,32-34H2,1-9H3/t41-/m0/s1. The Bertz CT molecular complexity index is 1770. The van der Waals surface area contributed by atoms with Crippen LogP contribution in [0.2, 0.25) is 25.7 Å². The number of fused-ring (bicyclic) bond motifs is 1. The smallest absolute Gasteiger partial charge is 0.426 e. The summed E-state index contributed by atoms with van der Waals surface area (Å²) in [5.41, 5.74) is 2.91. The lowest BCUT2D eigenvalue weighted by molar-refractivity contribution is -0.180. The summed E-state index contributed by atoms with van der Waals surface area (Å²) in [4.78, 5) is 27.8. The Balaban J connectivity index is 1.20. The molecule has 0 spiro atoms. The van der Waals surface area contributed by atoms with E-state index in [1.54, 1.807) is 37.8 Å². The molecule has 2 aromatic rings. The topological polar surface area (TPSA) is 130 Å². The summed E-state index contributed by atoms with van der Waals surface area (Å²) in [5.74, 6) is 0.153. The Hall–Kier alpha value is -3.17. The number of unbranched alkanes of at least 4 members (excludes halogenated alkanes) is 6. The molecule has 59 heavy (non-hydrogen) atoms. The van der Waals surface area contributed by atoms with E-state index >= 15 is 0 Å². The van der Waals surface area contributed by atoms with Crippen LogP contribution in [0.4, 0.5) is 9.59 Å². The monoisotopic (exact) mass is 860 g/mol. The van der Waals surface area contributed by atoms with Crippen molar-refractivity contribution in [2.75, 3.05) is 39.6 Å². The van der Waals surface area contributed by atoms with E-state index in [0.717, 1.165) is 103 Å². The Kier molecular flexibility index (Phi) is 18.1. The number of nitrogens with zero attached hydrogens (tertiary/aromatic N) is 2. The fourth-order valence-corrected chi connectivity index (χ4v) is 8.91. The molecular formula is C45H72N2O10SSi. The van der Waals surface area contributed by atoms with E-state index in [-0.39, 0.29) is 17.1 Å². The van der Waals surface area contributed by atoms with Gasteiger partial charge in [-0.05, 0) is 113 Å². The number of rotatable bonds is 24. The van der Waals surface area contributed by atoms with Crippen molar-refractivity contribution in [3.05, 3.63) is 58.7 Å². The second-order valence-electron chi connectivity index (χ2n) is 18.6. The molecule has 0 radical (unpaired) electrons. The number of aryl methyl sites for hydroxylation is 2. The molecule has 14 heteroatoms. The summed E-state index contributed by atoms with van der Waals surface area (Å²) in [5, 5.41) is 0. The largest absolute Gasteiger partial charge is 0.463 e. The van der Waals surface area contributed by atoms with Crippen LogP contribution in [-0.4, -0.2) is 88.9 Å². The highest BCUT2D eigenvalue weighted by atomic mass is 32.2. The first-order valence-electron chi connectivity index (χ1n) is 21.7. The van der Waals surface area contributed by atoms with Crippen molar-refractivity contribution in [1.82, 2.24) is 9.21 Å². The molecule has 2 aliphatic heterocycles. The van der Waals surface area contributed by atoms with Gasteiger partial charge in [0.25, 0.3) is 10.0 Å². The van der Waals surface area contributed by atoms with Gasteiger partial charge in [0, 0.05) is 53.9 Å². The lowest BCUT2D eigenvalue weighted by Gasteiger charge is -2.32. The van der Waals surface area contributed by atoms with E-state index in [9.17, 15) is 18.0 Å². The number of cyclic esters (lactones) is 1. The van der Waals surface area contributed by atoms with E-state index in [0.29, 0.717) is 45.9 Å². The molecule has 0 aliphatic carbocycles. The van der Waals surface area contributed by atoms with Gasteiger partial charge in [-0.25, -0.2) is 18.0 Å². The van der Waals surface area contributed by atoms with E-state index in [4.69, 9.17) is 28.4 Å². The van der Waals surface area contributed by atoms with Crippen molar-refractivity contribution in [3.63, 3.8) is 0 Å². The van der Waals surface area contributed by atoms with Crippen molar-refractivity contribution in [2.45, 2.75) is 167 Å². The highest BCUT2D eigenvalue weighted by molar-refractivity contribution is 7.89. The summed E-state index contributed by atoms with van der Waals surface area (Å²) >= 11 is 0. The predicted octanol–water partition coefficient (Wildman–Crippen LogP) is 10.4. The van der Waals surface area contributed by atoms with Gasteiger partial charge in [0.2, 0.25) is 5.79 Å². The first kappa shape index (κ1) is 48.5. The highest BCUT2D eigenvalue weighted by Crippen LogP contribution is 2.35. The molecule has 332 valence electrons. The maximum absolute atomic E-state index is 14.1. The van der Waals surface area contributed by atoms with Crippen molar-refractivity contribution < 1.29 is 46.4 Å². The third kappa shape index (κ3) is 16.3. The third-order valence-corrected chi connectivity index (χ3v) is 13.6. The molecule has 1 atom stereocenters. The van der Waals surface area contributed by atoms with Gasteiger partial charge in [-0.3, -0.25) is 0 Å². The molecule has 0 bridgehead atoms. The molecular weight excluding hydrogens is 789 g/mol. The molecule has 1 saturated heterocycles. The van der Waals surface area contributed by atoms with Gasteiger partial charge in [-0.2, -0.15) is 4.31 Å². The molecule has 2 aliphatic rings. The zero-order valence-electron chi connectivity index (χ0n) is 37.4. The normalized spacial score (nSPS) is 16.7. The molecule has 12 nitrogen and oxygen atoms in total. The van der Waals surface area contributed by atoms with E-state index in [1.165, 1.54) is 0 Å². The van der Waals surface area contributed by atoms with Crippen molar-refractivity contribution >= 4 is 30.3 Å². The number of sulfonamides is 1. The molecule has 0 unspecified atom stereocenters. The second kappa shape index (κ2) is 22.1. The second-order valence-corrected chi connectivity index (χ2v) is 26.1. The fraction of sp³-hybridized carbons (Fsp3) is 0.689. The zero-order chi connectivity index (χ0) is 43.3. The minimum atomic E-state index is -4.26. The average Bonchev–Trinajstić information content (AvgIpc) is 3.51. The number of carbonyl (C=O) groups excluding carboxylic acids is 2. The minimum absolute atomic E-state index is 0.0867. The van der Waals surface area contributed by atoms with Crippen LogP contribution in [0.1, 0.15) is 128 Å². The van der Waals surface area contributed by atoms with Crippen LogP contribution < -0.4 is 4.74 Å². The van der Waals surface area contributed by atoms with Crippen molar-refractivity contribution in [2.24, 2.45) is 0 Å². The number of hydrogen-bond acceptors (Lipinski definition) is 10. The molecule has 0 saturated carbocycles. The Morgan fingerprint density at radius 3 is 2.22 bits per heavy atom. The molecule has 2 aromatic carbocycles. The first-order valence-corrected chi connectivity index (χ1v) is 26.9. The van der Waals surface area contributed by atoms with Gasteiger partial charge >= 0.3 is 12.2 Å². The lowest BCUT2D eigenvalue weighted by Crippen LogP contribution is -2.42. The number of carbonyl (C=O) groups is 2. The molecule has 4 rings (SSSR count). The van der Waals surface area contributed by atoms with Crippen LogP contribution in [0.15, 0.2) is 41.3 Å². The van der Waals surface area contributed by atoms with E-state index in [1.807, 2.05) is 32.0 Å². The van der Waals surface area contributed by atoms with Gasteiger partial charge in [0.05, 0.1) is 18.0 Å². The quantitative estimate of drug-likeness (QED) is 0.0571. The van der Waals surface area contributed by atoms with Gasteiger partial charge < -0.3 is 33.3 Å². The summed E-state index contributed by atoms with van der Waals surface area (Å²) in [7, 11) is -5.68. The number of ether oxygens (including phenoxy) is 6. The van der Waals surface area contributed by atoms with Crippen LogP contribution in [0.5, 0.6) is 5.75 Å². The van der Waals surface area contributed by atoms with Crippen LogP contribution in [0.25, 0.3) is 0 Å². The van der Waals surface area contributed by atoms with Gasteiger partial charge in [-0.1, -0.05) is 64.4 Å². The Labute approximate surface area is 355 Å². The van der Waals surface area contributed by atoms with E-state index in [2.05, 4.69) is 32.6 Å². The van der Waals surface area contributed by atoms with Gasteiger partial charge in [0.1, 0.15) is 24.2 Å². The maximum Gasteiger partial charge on any atom is 0.426 e. The summed E-state index contributed by atoms with van der Waals surface area (Å²) < 4.78 is 63.7. The Morgan fingerprint density at radius 1 is 0.898 bits per heavy atom.